The second kappa shape index (κ2) is 1.99. The van der Waals surface area contributed by atoms with E-state index in [1.54, 1.807) is 0 Å². The van der Waals surface area contributed by atoms with Crippen LogP contribution in [0, 0.1) is 0 Å². The van der Waals surface area contributed by atoms with E-state index < -0.39 is 0 Å². The van der Waals surface area contributed by atoms with Crippen LogP contribution in [0.15, 0.2) is 10.6 Å². The molecule has 0 unspecified atom stereocenters. The molecule has 3 heteroatoms. The normalized spacial score (nSPS) is 17.6. The molecule has 1 aliphatic rings. The van der Waals surface area contributed by atoms with E-state index in [4.69, 9.17) is 0 Å². The molecule has 4 radical (unpaired) electrons. The van der Waals surface area contributed by atoms with Crippen LogP contribution in [0.25, 0.3) is 0 Å². The fourth-order valence-electron chi connectivity index (χ4n) is 0.208. The Hall–Kier alpha value is 0.717. The first-order chi connectivity index (χ1) is 2.50. The molecule has 1 aliphatic heterocycles. The Morgan fingerprint density at radius 3 is 2.80 bits per heavy atom. The molecule has 22 valence electrons. The summed E-state index contributed by atoms with van der Waals surface area (Å²) in [5.74, 6) is 0. The van der Waals surface area contributed by atoms with Gasteiger partial charge in [0, 0.05) is 0 Å². The SMILES string of the molecule is C1=[CH][Ge]=[Si][Si]1. The minimum absolute atomic E-state index is 0.498. The van der Waals surface area contributed by atoms with Crippen molar-refractivity contribution in [3.63, 3.8) is 0 Å². The van der Waals surface area contributed by atoms with Gasteiger partial charge < -0.3 is 0 Å². The maximum atomic E-state index is 2.39. The van der Waals surface area contributed by atoms with Gasteiger partial charge in [-0.25, -0.2) is 0 Å². The average Bonchev–Trinajstić information content (AvgIpc) is 1.76. The van der Waals surface area contributed by atoms with Gasteiger partial charge in [0.15, 0.2) is 0 Å². The molecule has 1 rings (SSSR count). The first-order valence-corrected chi connectivity index (χ1v) is 8.85. The van der Waals surface area contributed by atoms with Gasteiger partial charge in [-0.05, 0) is 0 Å². The van der Waals surface area contributed by atoms with Crippen molar-refractivity contribution in [1.29, 1.82) is 0 Å². The Kier molecular flexibility index (Phi) is 1.55. The zero-order valence-electron chi connectivity index (χ0n) is 2.65. The van der Waals surface area contributed by atoms with Crippen molar-refractivity contribution in [3.05, 3.63) is 10.6 Å². The van der Waals surface area contributed by atoms with E-state index in [-0.39, 0.29) is 0 Å². The molecule has 5 heavy (non-hydrogen) atoms. The Bertz CT molecular complexity index is 65.7. The van der Waals surface area contributed by atoms with Crippen LogP contribution in [0.5, 0.6) is 0 Å². The summed E-state index contributed by atoms with van der Waals surface area (Å²) in [7, 11) is 2.56. The zero-order valence-corrected chi connectivity index (χ0v) is 6.75. The summed E-state index contributed by atoms with van der Waals surface area (Å²) in [5, 5.41) is 0. The molecule has 0 bridgehead atoms. The summed E-state index contributed by atoms with van der Waals surface area (Å²) in [6.45, 7) is 0. The summed E-state index contributed by atoms with van der Waals surface area (Å²) in [5.41, 5.74) is 2.33. The molecule has 0 nitrogen and oxygen atoms in total. The number of hydrogen-bond donors (Lipinski definition) is 0. The molecule has 0 fully saturated rings. The molecular formula is C2H2GeSi2. The predicted octanol–water partition coefficient (Wildman–Crippen LogP) is -0.586. The fourth-order valence-corrected chi connectivity index (χ4v) is 9.74. The van der Waals surface area contributed by atoms with Gasteiger partial charge in [0.25, 0.3) is 0 Å². The predicted molar refractivity (Wildman–Crippen MR) is 26.4 cm³/mol. The molecule has 1 heterocycles. The summed E-state index contributed by atoms with van der Waals surface area (Å²) in [4.78, 5) is 2.39. The maximum absolute atomic E-state index is 2.39. The standard InChI is InChI=1S/C2H2GeSi2/c1-2-4-5-3-1/h1-2H. The molecule has 0 atom stereocenters. The summed E-state index contributed by atoms with van der Waals surface area (Å²) in [6.07, 6.45) is 0. The third-order valence-electron chi connectivity index (χ3n) is 0.394. The first kappa shape index (κ1) is 3.89. The Morgan fingerprint density at radius 2 is 2.60 bits per heavy atom. The molecule has 0 aromatic heterocycles. The van der Waals surface area contributed by atoms with Gasteiger partial charge in [-0.2, -0.15) is 0 Å². The molecule has 0 aliphatic carbocycles. The van der Waals surface area contributed by atoms with E-state index in [0.717, 1.165) is 0 Å². The summed E-state index contributed by atoms with van der Waals surface area (Å²) < 4.78 is 0. The Balaban J connectivity index is 2.61. The number of rotatable bonds is 0. The van der Waals surface area contributed by atoms with Crippen molar-refractivity contribution in [1.82, 2.24) is 0 Å². The van der Waals surface area contributed by atoms with E-state index in [1.165, 1.54) is 16.1 Å². The molecule has 0 saturated carbocycles. The van der Waals surface area contributed by atoms with Gasteiger partial charge >= 0.3 is 41.0 Å². The number of hydrogen-bond acceptors (Lipinski definition) is 0. The van der Waals surface area contributed by atoms with Gasteiger partial charge in [-0.15, -0.1) is 0 Å². The van der Waals surface area contributed by atoms with Gasteiger partial charge in [-0.1, -0.05) is 0 Å². The molecule has 0 amide bonds. The van der Waals surface area contributed by atoms with Crippen LogP contribution < -0.4 is 0 Å². The van der Waals surface area contributed by atoms with Crippen molar-refractivity contribution in [3.8, 4) is 0 Å². The third kappa shape index (κ3) is 1.07. The zero-order chi connectivity index (χ0) is 3.54. The van der Waals surface area contributed by atoms with E-state index in [0.29, 0.717) is 14.3 Å². The van der Waals surface area contributed by atoms with E-state index in [1.807, 2.05) is 0 Å². The van der Waals surface area contributed by atoms with Crippen LogP contribution in [0.4, 0.5) is 0 Å². The van der Waals surface area contributed by atoms with E-state index in [9.17, 15) is 0 Å². The van der Waals surface area contributed by atoms with E-state index >= 15 is 0 Å². The van der Waals surface area contributed by atoms with Gasteiger partial charge in [0.1, 0.15) is 0 Å². The van der Waals surface area contributed by atoms with Gasteiger partial charge in [0.05, 0.1) is 0 Å². The second-order valence-corrected chi connectivity index (χ2v) is 10.8. The van der Waals surface area contributed by atoms with Gasteiger partial charge in [0.2, 0.25) is 0 Å². The third-order valence-corrected chi connectivity index (χ3v) is 10.1. The van der Waals surface area contributed by atoms with Crippen LogP contribution in [0.1, 0.15) is 0 Å². The van der Waals surface area contributed by atoms with Crippen molar-refractivity contribution < 1.29 is 0 Å². The van der Waals surface area contributed by atoms with Gasteiger partial charge in [-0.3, -0.25) is 0 Å². The van der Waals surface area contributed by atoms with Crippen molar-refractivity contribution in [2.75, 3.05) is 0 Å². The van der Waals surface area contributed by atoms with Crippen LogP contribution in [0.2, 0.25) is 0 Å². The minimum atomic E-state index is 0.498. The molecular weight excluding hydrogens is 153 g/mol. The summed E-state index contributed by atoms with van der Waals surface area (Å²) in [6, 6.07) is 0. The Labute approximate surface area is 41.4 Å². The summed E-state index contributed by atoms with van der Waals surface area (Å²) >= 11 is 0.498. The fraction of sp³-hybridized carbons (Fsp3) is 0. The quantitative estimate of drug-likeness (QED) is 0.410. The average molecular weight is 155 g/mol. The van der Waals surface area contributed by atoms with Crippen LogP contribution in [0.3, 0.4) is 0 Å². The van der Waals surface area contributed by atoms with Crippen LogP contribution in [-0.4, -0.2) is 30.4 Å². The van der Waals surface area contributed by atoms with E-state index in [2.05, 4.69) is 10.6 Å². The van der Waals surface area contributed by atoms with Crippen molar-refractivity contribution in [2.45, 2.75) is 0 Å². The molecule has 0 spiro atoms. The molecule has 0 N–H and O–H groups in total. The van der Waals surface area contributed by atoms with Crippen LogP contribution >= 0.6 is 0 Å². The Morgan fingerprint density at radius 1 is 1.60 bits per heavy atom. The van der Waals surface area contributed by atoms with Crippen molar-refractivity contribution in [2.24, 2.45) is 0 Å². The van der Waals surface area contributed by atoms with Crippen molar-refractivity contribution >= 4 is 30.4 Å². The molecule has 0 aromatic carbocycles. The topological polar surface area (TPSA) is 0 Å². The molecule has 0 saturated heterocycles. The first-order valence-electron chi connectivity index (χ1n) is 1.41. The molecule has 0 aromatic rings. The second-order valence-electron chi connectivity index (χ2n) is 0.747. The van der Waals surface area contributed by atoms with Crippen LogP contribution in [-0.2, 0) is 0 Å². The monoisotopic (exact) mass is 156 g/mol.